The van der Waals surface area contributed by atoms with Crippen molar-refractivity contribution in [3.05, 3.63) is 47.9 Å². The van der Waals surface area contributed by atoms with Gasteiger partial charge in [0.15, 0.2) is 0 Å². The molecule has 0 saturated heterocycles. The van der Waals surface area contributed by atoms with E-state index in [2.05, 4.69) is 9.97 Å². The molecule has 0 aliphatic heterocycles. The van der Waals surface area contributed by atoms with E-state index < -0.39 is 11.6 Å². The van der Waals surface area contributed by atoms with Crippen molar-refractivity contribution in [2.45, 2.75) is 6.42 Å². The average Bonchev–Trinajstić information content (AvgIpc) is 2.88. The first-order chi connectivity index (χ1) is 11.0. The Balaban J connectivity index is 2.06. The van der Waals surface area contributed by atoms with Crippen LogP contribution in [0.5, 0.6) is 0 Å². The van der Waals surface area contributed by atoms with Crippen molar-refractivity contribution in [1.82, 2.24) is 14.5 Å². The maximum atomic E-state index is 14.3. The van der Waals surface area contributed by atoms with Crippen LogP contribution >= 0.6 is 0 Å². The van der Waals surface area contributed by atoms with Gasteiger partial charge < -0.3 is 9.47 Å². The van der Waals surface area contributed by atoms with Crippen molar-refractivity contribution in [2.75, 3.05) is 11.9 Å². The van der Waals surface area contributed by atoms with E-state index in [1.54, 1.807) is 23.2 Å². The fraction of sp³-hybridized carbons (Fsp3) is 0.188. The lowest BCUT2D eigenvalue weighted by Crippen LogP contribution is -2.15. The van der Waals surface area contributed by atoms with Crippen LogP contribution in [0.2, 0.25) is 0 Å². The molecule has 0 aliphatic rings. The number of benzene rings is 1. The third kappa shape index (κ3) is 2.59. The third-order valence-electron chi connectivity index (χ3n) is 3.64. The molecular formula is C16H13F2N5. The van der Waals surface area contributed by atoms with Gasteiger partial charge in [0.2, 0.25) is 0 Å². The van der Waals surface area contributed by atoms with E-state index >= 15 is 0 Å². The maximum Gasteiger partial charge on any atom is 0.150 e. The van der Waals surface area contributed by atoms with Crippen LogP contribution in [0.3, 0.4) is 0 Å². The lowest BCUT2D eigenvalue weighted by molar-refractivity contribution is 0.581. The lowest BCUT2D eigenvalue weighted by Gasteiger charge is -2.20. The summed E-state index contributed by atoms with van der Waals surface area (Å²) in [6, 6.07) is 5.92. The molecule has 0 radical (unpaired) electrons. The summed E-state index contributed by atoms with van der Waals surface area (Å²) < 4.78 is 30.3. The van der Waals surface area contributed by atoms with Gasteiger partial charge in [0.25, 0.3) is 0 Å². The minimum absolute atomic E-state index is 0.0446. The molecule has 23 heavy (non-hydrogen) atoms. The van der Waals surface area contributed by atoms with Gasteiger partial charge in [0.1, 0.15) is 28.7 Å². The van der Waals surface area contributed by atoms with E-state index in [-0.39, 0.29) is 12.1 Å². The number of hydrogen-bond donors (Lipinski definition) is 0. The first-order valence-corrected chi connectivity index (χ1v) is 6.87. The van der Waals surface area contributed by atoms with Gasteiger partial charge in [-0.3, -0.25) is 0 Å². The van der Waals surface area contributed by atoms with E-state index in [0.717, 1.165) is 5.52 Å². The van der Waals surface area contributed by atoms with Crippen LogP contribution in [0, 0.1) is 23.0 Å². The van der Waals surface area contributed by atoms with Crippen LogP contribution in [-0.2, 0) is 13.5 Å². The second-order valence-electron chi connectivity index (χ2n) is 5.19. The molecule has 0 unspecified atom stereocenters. The van der Waals surface area contributed by atoms with Gasteiger partial charge in [-0.1, -0.05) is 0 Å². The molecule has 116 valence electrons. The fourth-order valence-corrected chi connectivity index (χ4v) is 2.45. The summed E-state index contributed by atoms with van der Waals surface area (Å²) in [5.41, 5.74) is 1.61. The molecule has 0 aliphatic carbocycles. The molecule has 0 spiro atoms. The highest BCUT2D eigenvalue weighted by atomic mass is 19.1. The second-order valence-corrected chi connectivity index (χ2v) is 5.19. The molecule has 3 rings (SSSR count). The molecule has 5 nitrogen and oxygen atoms in total. The van der Waals surface area contributed by atoms with Gasteiger partial charge in [-0.2, -0.15) is 5.26 Å². The molecule has 2 heterocycles. The fourth-order valence-electron chi connectivity index (χ4n) is 2.45. The zero-order valence-electron chi connectivity index (χ0n) is 12.6. The number of halogens is 2. The summed E-state index contributed by atoms with van der Waals surface area (Å²) >= 11 is 0. The highest BCUT2D eigenvalue weighted by molar-refractivity contribution is 5.78. The van der Waals surface area contributed by atoms with Crippen LogP contribution in [0.15, 0.2) is 30.7 Å². The van der Waals surface area contributed by atoms with E-state index in [4.69, 9.17) is 5.26 Å². The Morgan fingerprint density at radius 2 is 1.91 bits per heavy atom. The minimum Gasteiger partial charge on any atom is -0.334 e. The number of nitrogens with zero attached hydrogens (tertiary/aromatic N) is 5. The zero-order valence-corrected chi connectivity index (χ0v) is 12.6. The number of fused-ring (bicyclic) bond motifs is 1. The summed E-state index contributed by atoms with van der Waals surface area (Å²) in [5, 5.41) is 8.64. The largest absolute Gasteiger partial charge is 0.334 e. The maximum absolute atomic E-state index is 14.3. The number of aryl methyl sites for hydroxylation is 1. The van der Waals surface area contributed by atoms with Crippen LogP contribution in [0.1, 0.15) is 5.56 Å². The Hall–Kier alpha value is -3.01. The smallest absolute Gasteiger partial charge is 0.150 e. The van der Waals surface area contributed by atoms with Crippen LogP contribution < -0.4 is 4.90 Å². The number of pyridine rings is 1. The Kier molecular flexibility index (Phi) is 3.66. The lowest BCUT2D eigenvalue weighted by atomic mass is 10.1. The zero-order chi connectivity index (χ0) is 16.6. The molecule has 0 atom stereocenters. The molecule has 2 aromatic heterocycles. The summed E-state index contributed by atoms with van der Waals surface area (Å²) in [5.74, 6) is -1.07. The summed E-state index contributed by atoms with van der Waals surface area (Å²) in [6.07, 6.45) is 3.16. The van der Waals surface area contributed by atoms with Crippen molar-refractivity contribution in [3.63, 3.8) is 0 Å². The van der Waals surface area contributed by atoms with E-state index in [0.29, 0.717) is 16.9 Å². The molecule has 0 N–H and O–H groups in total. The number of imidazole rings is 1. The SMILES string of the molecule is CN(c1cc2c(cn1)ncn2C)c1c(F)cc(CC#N)cc1F. The van der Waals surface area contributed by atoms with E-state index in [1.807, 2.05) is 13.1 Å². The topological polar surface area (TPSA) is 57.7 Å². The molecule has 7 heteroatoms. The van der Waals surface area contributed by atoms with E-state index in [9.17, 15) is 8.78 Å². The number of aromatic nitrogens is 3. The predicted octanol–water partition coefficient (Wildman–Crippen LogP) is 3.08. The second kappa shape index (κ2) is 5.65. The Morgan fingerprint density at radius 3 is 2.57 bits per heavy atom. The number of hydrogen-bond acceptors (Lipinski definition) is 4. The van der Waals surface area contributed by atoms with E-state index in [1.165, 1.54) is 24.1 Å². The van der Waals surface area contributed by atoms with Gasteiger partial charge in [-0.05, 0) is 17.7 Å². The van der Waals surface area contributed by atoms with Crippen molar-refractivity contribution in [1.29, 1.82) is 5.26 Å². The van der Waals surface area contributed by atoms with Gasteiger partial charge in [0, 0.05) is 20.2 Å². The normalized spacial score (nSPS) is 10.7. The average molecular weight is 313 g/mol. The predicted molar refractivity (Wildman–Crippen MR) is 82.2 cm³/mol. The summed E-state index contributed by atoms with van der Waals surface area (Å²) in [6.45, 7) is 0. The van der Waals surface area contributed by atoms with Gasteiger partial charge >= 0.3 is 0 Å². The first kappa shape index (κ1) is 14.9. The van der Waals surface area contributed by atoms with Crippen molar-refractivity contribution >= 4 is 22.5 Å². The van der Waals surface area contributed by atoms with Crippen molar-refractivity contribution in [2.24, 2.45) is 7.05 Å². The van der Waals surface area contributed by atoms with Gasteiger partial charge in [-0.25, -0.2) is 18.7 Å². The van der Waals surface area contributed by atoms with Crippen LogP contribution in [0.4, 0.5) is 20.3 Å². The first-order valence-electron chi connectivity index (χ1n) is 6.87. The Bertz CT molecular complexity index is 903. The summed E-state index contributed by atoms with van der Waals surface area (Å²) in [7, 11) is 3.37. The van der Waals surface area contributed by atoms with Crippen LogP contribution in [-0.4, -0.2) is 21.6 Å². The third-order valence-corrected chi connectivity index (χ3v) is 3.64. The quantitative estimate of drug-likeness (QED) is 0.745. The minimum atomic E-state index is -0.732. The Labute approximate surface area is 131 Å². The molecule has 3 aromatic rings. The number of rotatable bonds is 3. The summed E-state index contributed by atoms with van der Waals surface area (Å²) in [4.78, 5) is 9.70. The molecule has 0 bridgehead atoms. The molecule has 0 fully saturated rings. The number of nitriles is 1. The Morgan fingerprint density at radius 1 is 1.22 bits per heavy atom. The highest BCUT2D eigenvalue weighted by Gasteiger charge is 2.18. The van der Waals surface area contributed by atoms with Crippen molar-refractivity contribution in [3.8, 4) is 6.07 Å². The molecule has 1 aromatic carbocycles. The highest BCUT2D eigenvalue weighted by Crippen LogP contribution is 2.30. The van der Waals surface area contributed by atoms with Crippen molar-refractivity contribution < 1.29 is 8.78 Å². The molecule has 0 saturated carbocycles. The molecule has 0 amide bonds. The monoisotopic (exact) mass is 313 g/mol. The molecular weight excluding hydrogens is 300 g/mol. The number of anilines is 2. The standard InChI is InChI=1S/C16H13F2N5/c1-22-9-21-13-8-20-15(7-14(13)22)23(2)16-11(17)5-10(3-4-19)6-12(16)18/h5-9H,3H2,1-2H3. The van der Waals surface area contributed by atoms with Crippen LogP contribution in [0.25, 0.3) is 11.0 Å². The van der Waals surface area contributed by atoms with Gasteiger partial charge in [0.05, 0.1) is 30.5 Å². The van der Waals surface area contributed by atoms with Gasteiger partial charge in [-0.15, -0.1) is 0 Å².